The first-order chi connectivity index (χ1) is 25.9. The zero-order valence-electron chi connectivity index (χ0n) is 32.4. The number of nitrogens with one attached hydrogen (secondary N) is 2. The molecule has 54 heavy (non-hydrogen) atoms. The summed E-state index contributed by atoms with van der Waals surface area (Å²) < 4.78 is 18.7. The lowest BCUT2D eigenvalue weighted by atomic mass is 9.75. The Bertz CT molecular complexity index is 1760. The van der Waals surface area contributed by atoms with E-state index in [0.29, 0.717) is 31.5 Å². The van der Waals surface area contributed by atoms with E-state index < -0.39 is 18.4 Å². The third kappa shape index (κ3) is 10.2. The van der Waals surface area contributed by atoms with Gasteiger partial charge in [0.25, 0.3) is 5.91 Å². The second kappa shape index (κ2) is 17.6. The van der Waals surface area contributed by atoms with E-state index in [1.807, 2.05) is 87.5 Å². The Morgan fingerprint density at radius 2 is 1.61 bits per heavy atom. The van der Waals surface area contributed by atoms with Crippen LogP contribution in [-0.4, -0.2) is 64.2 Å². The van der Waals surface area contributed by atoms with Gasteiger partial charge in [0, 0.05) is 43.6 Å². The molecule has 10 heteroatoms. The van der Waals surface area contributed by atoms with Crippen molar-refractivity contribution in [3.8, 4) is 11.1 Å². The predicted octanol–water partition coefficient (Wildman–Crippen LogP) is 6.90. The van der Waals surface area contributed by atoms with Gasteiger partial charge < -0.3 is 30.0 Å². The standard InChI is InChI=1S/C44H57N3O7/c1-28(52-29(2)49)41(50)45-25-31-10-8-12-34(22-31)35-13-9-14-36(23-35)43-53-37(24-40(54-43)33-18-16-30(27-48)17-19-33)26-47-38-15-7-6-11-32(38)20-21-39(47)42(51)46-44(3,4)5/h8-10,12-14,16-19,22-23,28,32,37-40,43,48H,6-7,11,15,20-21,24-27H2,1-5H3,(H,45,50)(H,46,51)/t28-,32+,37+,38+,39+,40-,43-/m0/s1. The van der Waals surface area contributed by atoms with Crippen LogP contribution in [0.5, 0.6) is 0 Å². The molecule has 0 aromatic heterocycles. The lowest BCUT2D eigenvalue weighted by molar-refractivity contribution is -0.255. The third-order valence-corrected chi connectivity index (χ3v) is 10.9. The Morgan fingerprint density at radius 1 is 0.889 bits per heavy atom. The van der Waals surface area contributed by atoms with Gasteiger partial charge >= 0.3 is 5.97 Å². The van der Waals surface area contributed by atoms with Crippen LogP contribution in [0.2, 0.25) is 0 Å². The number of rotatable bonds is 11. The fourth-order valence-corrected chi connectivity index (χ4v) is 8.36. The molecule has 3 fully saturated rings. The number of piperidine rings is 1. The van der Waals surface area contributed by atoms with Gasteiger partial charge in [-0.2, -0.15) is 0 Å². The van der Waals surface area contributed by atoms with Crippen LogP contribution >= 0.6 is 0 Å². The summed E-state index contributed by atoms with van der Waals surface area (Å²) in [5, 5.41) is 15.8. The fraction of sp³-hybridized carbons (Fsp3) is 0.523. The van der Waals surface area contributed by atoms with E-state index in [9.17, 15) is 19.5 Å². The summed E-state index contributed by atoms with van der Waals surface area (Å²) in [7, 11) is 0. The minimum atomic E-state index is -0.872. The minimum Gasteiger partial charge on any atom is -0.453 e. The van der Waals surface area contributed by atoms with Crippen LogP contribution in [0.4, 0.5) is 0 Å². The number of ether oxygens (including phenoxy) is 3. The Balaban J connectivity index is 1.25. The molecule has 2 heterocycles. The number of hydrogen-bond donors (Lipinski definition) is 3. The number of likely N-dealkylation sites (tertiary alicyclic amines) is 1. The van der Waals surface area contributed by atoms with Crippen LogP contribution in [-0.2, 0) is 41.7 Å². The van der Waals surface area contributed by atoms with Crippen molar-refractivity contribution >= 4 is 17.8 Å². The predicted molar refractivity (Wildman–Crippen MR) is 207 cm³/mol. The smallest absolute Gasteiger partial charge is 0.303 e. The highest BCUT2D eigenvalue weighted by molar-refractivity contribution is 5.83. The summed E-state index contributed by atoms with van der Waals surface area (Å²) in [5.41, 5.74) is 5.30. The average Bonchev–Trinajstić information content (AvgIpc) is 3.16. The molecule has 3 aromatic rings. The molecular formula is C44H57N3O7. The molecule has 2 amide bonds. The van der Waals surface area contributed by atoms with Gasteiger partial charge in [-0.15, -0.1) is 0 Å². The van der Waals surface area contributed by atoms with E-state index in [2.05, 4.69) is 21.6 Å². The number of hydrogen-bond acceptors (Lipinski definition) is 8. The molecule has 2 aliphatic heterocycles. The lowest BCUT2D eigenvalue weighted by Gasteiger charge is -2.50. The van der Waals surface area contributed by atoms with E-state index in [1.165, 1.54) is 26.2 Å². The molecule has 0 bridgehead atoms. The highest BCUT2D eigenvalue weighted by Gasteiger charge is 2.44. The molecule has 1 aliphatic carbocycles. The summed E-state index contributed by atoms with van der Waals surface area (Å²) in [6.45, 7) is 9.85. The van der Waals surface area contributed by atoms with Crippen molar-refractivity contribution in [1.29, 1.82) is 0 Å². The fourth-order valence-electron chi connectivity index (χ4n) is 8.36. The van der Waals surface area contributed by atoms with Crippen molar-refractivity contribution in [2.24, 2.45) is 5.92 Å². The zero-order valence-corrected chi connectivity index (χ0v) is 32.4. The molecule has 3 aliphatic rings. The number of fused-ring (bicyclic) bond motifs is 1. The Labute approximate surface area is 319 Å². The summed E-state index contributed by atoms with van der Waals surface area (Å²) in [5.74, 6) is -0.170. The van der Waals surface area contributed by atoms with Crippen molar-refractivity contribution in [3.63, 3.8) is 0 Å². The Hall–Kier alpha value is -4.09. The molecule has 7 atom stereocenters. The number of nitrogens with zero attached hydrogens (tertiary/aromatic N) is 1. The molecule has 6 rings (SSSR count). The second-order valence-electron chi connectivity index (χ2n) is 16.3. The maximum atomic E-state index is 13.8. The van der Waals surface area contributed by atoms with Gasteiger partial charge in [0.05, 0.1) is 24.9 Å². The zero-order chi connectivity index (χ0) is 38.4. The van der Waals surface area contributed by atoms with Crippen molar-refractivity contribution in [3.05, 3.63) is 95.1 Å². The van der Waals surface area contributed by atoms with Crippen LogP contribution in [0.15, 0.2) is 72.8 Å². The SMILES string of the molecule is CC(=O)O[C@@H](C)C(=O)NCc1cccc(-c2cccc([C@H]3O[C@@H](CN4[C@@H](C(=O)NC(C)(C)C)CC[C@H]5CCCC[C@H]54)C[C@@H](c4ccc(CO)cc4)O3)c2)c1. The number of esters is 1. The van der Waals surface area contributed by atoms with Crippen molar-refractivity contribution in [1.82, 2.24) is 15.5 Å². The molecule has 2 saturated heterocycles. The molecule has 0 radical (unpaired) electrons. The molecule has 3 aromatic carbocycles. The summed E-state index contributed by atoms with van der Waals surface area (Å²) in [6, 6.07) is 24.2. The number of aliphatic hydroxyl groups is 1. The number of aliphatic hydroxyl groups excluding tert-OH is 1. The van der Waals surface area contributed by atoms with Gasteiger partial charge in [0.1, 0.15) is 0 Å². The quantitative estimate of drug-likeness (QED) is 0.182. The number of amides is 2. The first-order valence-corrected chi connectivity index (χ1v) is 19.6. The number of carbonyl (C=O) groups is 3. The van der Waals surface area contributed by atoms with Gasteiger partial charge in [0.15, 0.2) is 12.4 Å². The molecule has 0 spiro atoms. The molecular weight excluding hydrogens is 682 g/mol. The second-order valence-corrected chi connectivity index (χ2v) is 16.3. The number of benzene rings is 3. The topological polar surface area (TPSA) is 126 Å². The Kier molecular flexibility index (Phi) is 12.9. The normalized spacial score (nSPS) is 25.2. The van der Waals surface area contributed by atoms with Crippen LogP contribution in [0.3, 0.4) is 0 Å². The molecule has 290 valence electrons. The van der Waals surface area contributed by atoms with E-state index in [-0.39, 0.29) is 42.2 Å². The highest BCUT2D eigenvalue weighted by Crippen LogP contribution is 2.42. The maximum absolute atomic E-state index is 13.8. The minimum absolute atomic E-state index is 0.0243. The van der Waals surface area contributed by atoms with Crippen LogP contribution < -0.4 is 10.6 Å². The van der Waals surface area contributed by atoms with Crippen molar-refractivity contribution in [2.45, 2.75) is 135 Å². The van der Waals surface area contributed by atoms with Gasteiger partial charge in [-0.05, 0) is 99.2 Å². The molecule has 1 saturated carbocycles. The van der Waals surface area contributed by atoms with Crippen molar-refractivity contribution in [2.75, 3.05) is 6.54 Å². The first kappa shape index (κ1) is 39.6. The maximum Gasteiger partial charge on any atom is 0.303 e. The van der Waals surface area contributed by atoms with Gasteiger partial charge in [-0.1, -0.05) is 73.5 Å². The Morgan fingerprint density at radius 3 is 2.33 bits per heavy atom. The molecule has 3 N–H and O–H groups in total. The average molecular weight is 740 g/mol. The summed E-state index contributed by atoms with van der Waals surface area (Å²) in [4.78, 5) is 40.1. The van der Waals surface area contributed by atoms with Gasteiger partial charge in [0.2, 0.25) is 5.91 Å². The lowest BCUT2D eigenvalue weighted by Crippen LogP contribution is -2.61. The van der Waals surface area contributed by atoms with Crippen LogP contribution in [0.25, 0.3) is 11.1 Å². The molecule has 10 nitrogen and oxygen atoms in total. The van der Waals surface area contributed by atoms with Crippen molar-refractivity contribution < 1.29 is 33.7 Å². The summed E-state index contributed by atoms with van der Waals surface area (Å²) >= 11 is 0. The largest absolute Gasteiger partial charge is 0.453 e. The number of carbonyl (C=O) groups excluding carboxylic acids is 3. The van der Waals surface area contributed by atoms with Gasteiger partial charge in [-0.25, -0.2) is 0 Å². The van der Waals surface area contributed by atoms with Gasteiger partial charge in [-0.3, -0.25) is 19.3 Å². The summed E-state index contributed by atoms with van der Waals surface area (Å²) in [6.07, 6.45) is 5.33. The monoisotopic (exact) mass is 739 g/mol. The third-order valence-electron chi connectivity index (χ3n) is 10.9. The van der Waals surface area contributed by atoms with Crippen LogP contribution in [0.1, 0.15) is 114 Å². The van der Waals surface area contributed by atoms with Crippen LogP contribution in [0, 0.1) is 5.92 Å². The highest BCUT2D eigenvalue weighted by atomic mass is 16.7. The molecule has 0 unspecified atom stereocenters. The van der Waals surface area contributed by atoms with E-state index >= 15 is 0 Å². The van der Waals surface area contributed by atoms with E-state index in [0.717, 1.165) is 52.6 Å². The van der Waals surface area contributed by atoms with E-state index in [4.69, 9.17) is 14.2 Å². The van der Waals surface area contributed by atoms with E-state index in [1.54, 1.807) is 6.92 Å². The first-order valence-electron chi connectivity index (χ1n) is 19.6.